The van der Waals surface area contributed by atoms with Gasteiger partial charge in [0, 0.05) is 28.3 Å². The number of unbranched alkanes of at least 4 members (excludes halogenated alkanes) is 15. The van der Waals surface area contributed by atoms with E-state index in [4.69, 9.17) is 14.2 Å². The van der Waals surface area contributed by atoms with Gasteiger partial charge in [-0.1, -0.05) is 130 Å². The van der Waals surface area contributed by atoms with Crippen molar-refractivity contribution < 1.29 is 45.8 Å². The molecule has 1 unspecified atom stereocenters. The predicted molar refractivity (Wildman–Crippen MR) is 144 cm³/mol. The number of hydrogen-bond acceptors (Lipinski definition) is 5. The topological polar surface area (TPSA) is 67.8 Å². The van der Waals surface area contributed by atoms with Crippen molar-refractivity contribution in [2.75, 3.05) is 19.8 Å². The Labute approximate surface area is 239 Å². The first-order valence-corrected chi connectivity index (χ1v) is 15.2. The van der Waals surface area contributed by atoms with Crippen molar-refractivity contribution in [1.82, 2.24) is 0 Å². The van der Waals surface area contributed by atoms with Crippen LogP contribution in [0.2, 0.25) is 0 Å². The normalized spacial score (nSPS) is 12.4. The maximum Gasteiger partial charge on any atom is 0.236 e. The second-order valence-electron chi connectivity index (χ2n) is 10.1. The smallest absolute Gasteiger partial charge is 0.236 e. The molecule has 36 heavy (non-hydrogen) atoms. The molecule has 0 aliphatic rings. The Morgan fingerprint density at radius 2 is 0.944 bits per heavy atom. The Morgan fingerprint density at radius 1 is 0.583 bits per heavy atom. The van der Waals surface area contributed by atoms with E-state index >= 15 is 0 Å². The molecule has 214 valence electrons. The molecule has 0 bridgehead atoms. The van der Waals surface area contributed by atoms with Crippen molar-refractivity contribution in [3.63, 3.8) is 0 Å². The van der Waals surface area contributed by atoms with Gasteiger partial charge < -0.3 is 24.1 Å². The number of carbonyl (C=O) groups is 1. The van der Waals surface area contributed by atoms with E-state index in [1.165, 1.54) is 70.6 Å². The molecule has 1 atom stereocenters. The minimum absolute atomic E-state index is 0. The van der Waals surface area contributed by atoms with Gasteiger partial charge in [0.2, 0.25) is 5.79 Å². The van der Waals surface area contributed by atoms with Crippen LogP contribution in [0, 0.1) is 0 Å². The van der Waals surface area contributed by atoms with Crippen molar-refractivity contribution in [3.8, 4) is 0 Å². The Hall–Kier alpha value is 0.0643. The van der Waals surface area contributed by atoms with Gasteiger partial charge in [-0.2, -0.15) is 0 Å². The molecular weight excluding hydrogens is 488 g/mol. The summed E-state index contributed by atoms with van der Waals surface area (Å²) in [5.41, 5.74) is 0. The zero-order chi connectivity index (χ0) is 26.0. The molecule has 0 N–H and O–H groups in total. The molecule has 0 aliphatic heterocycles. The van der Waals surface area contributed by atoms with Crippen molar-refractivity contribution in [3.05, 3.63) is 0 Å². The van der Waals surface area contributed by atoms with Crippen molar-refractivity contribution in [2.45, 2.75) is 168 Å². The van der Waals surface area contributed by atoms with Gasteiger partial charge in [-0.05, 0) is 25.7 Å². The zero-order valence-electron chi connectivity index (χ0n) is 24.4. The molecule has 0 aliphatic carbocycles. The van der Waals surface area contributed by atoms with E-state index < -0.39 is 17.9 Å². The monoisotopic (exact) mass is 547 g/mol. The van der Waals surface area contributed by atoms with E-state index in [2.05, 4.69) is 27.7 Å². The fourth-order valence-electron chi connectivity index (χ4n) is 4.31. The minimum atomic E-state index is -1.81. The van der Waals surface area contributed by atoms with Gasteiger partial charge in [0.25, 0.3) is 0 Å². The largest absolute Gasteiger partial charge is 0.544 e. The van der Waals surface area contributed by atoms with Crippen LogP contribution in [0.25, 0.3) is 0 Å². The van der Waals surface area contributed by atoms with E-state index in [1.807, 2.05) is 0 Å². The van der Waals surface area contributed by atoms with Crippen LogP contribution in [0.4, 0.5) is 0 Å². The molecule has 5 nitrogen and oxygen atoms in total. The first-order valence-electron chi connectivity index (χ1n) is 15.2. The molecule has 0 spiro atoms. The Kier molecular flexibility index (Phi) is 29.8. The SMILES string of the molecule is CCCCCCCCCCCCCCCC(OCCCC)C(OCCCC)(OCCCC)C(=O)[O-].[Ti]. The standard InChI is InChI=1S/C30H60O5.Ti/c1-5-9-13-14-15-16-17-18-19-20-21-22-23-24-28(33-25-10-6-2)30(29(31)32,34-26-11-7-3)35-27-12-8-4;/h28H,5-27H2,1-4H3,(H,31,32);/p-1. The molecule has 0 saturated carbocycles. The van der Waals surface area contributed by atoms with Gasteiger partial charge in [-0.3, -0.25) is 0 Å². The minimum Gasteiger partial charge on any atom is -0.544 e. The summed E-state index contributed by atoms with van der Waals surface area (Å²) in [6.07, 6.45) is 22.0. The number of carboxylic acids is 1. The van der Waals surface area contributed by atoms with Crippen molar-refractivity contribution in [2.24, 2.45) is 0 Å². The average molecular weight is 548 g/mol. The molecular formula is C30H59O5Ti-. The summed E-state index contributed by atoms with van der Waals surface area (Å²) in [6.45, 7) is 9.68. The van der Waals surface area contributed by atoms with E-state index in [0.29, 0.717) is 26.2 Å². The van der Waals surface area contributed by atoms with Crippen LogP contribution >= 0.6 is 0 Å². The number of carbonyl (C=O) groups excluding carboxylic acids is 1. The van der Waals surface area contributed by atoms with Gasteiger partial charge in [0.05, 0.1) is 13.2 Å². The molecule has 0 rings (SSSR count). The first-order chi connectivity index (χ1) is 17.1. The van der Waals surface area contributed by atoms with E-state index in [1.54, 1.807) is 0 Å². The van der Waals surface area contributed by atoms with E-state index in [0.717, 1.165) is 51.4 Å². The molecule has 0 aromatic carbocycles. The van der Waals surface area contributed by atoms with Crippen molar-refractivity contribution >= 4 is 5.97 Å². The fourth-order valence-corrected chi connectivity index (χ4v) is 4.31. The third kappa shape index (κ3) is 19.2. The Morgan fingerprint density at radius 3 is 1.33 bits per heavy atom. The second-order valence-corrected chi connectivity index (χ2v) is 10.1. The summed E-state index contributed by atoms with van der Waals surface area (Å²) in [7, 11) is 0. The average Bonchev–Trinajstić information content (AvgIpc) is 2.85. The number of carboxylic acid groups (broad SMARTS) is 1. The van der Waals surface area contributed by atoms with E-state index in [9.17, 15) is 9.90 Å². The Balaban J connectivity index is 0. The summed E-state index contributed by atoms with van der Waals surface area (Å²) in [4.78, 5) is 12.4. The first kappa shape index (κ1) is 38.2. The van der Waals surface area contributed by atoms with Crippen LogP contribution in [0.1, 0.15) is 156 Å². The fraction of sp³-hybridized carbons (Fsp3) is 0.967. The summed E-state index contributed by atoms with van der Waals surface area (Å²) < 4.78 is 18.0. The maximum absolute atomic E-state index is 12.4. The maximum atomic E-state index is 12.4. The third-order valence-electron chi connectivity index (χ3n) is 6.72. The van der Waals surface area contributed by atoms with Gasteiger partial charge in [0.15, 0.2) is 0 Å². The van der Waals surface area contributed by atoms with Crippen LogP contribution in [0.15, 0.2) is 0 Å². The van der Waals surface area contributed by atoms with Crippen molar-refractivity contribution in [1.29, 1.82) is 0 Å². The van der Waals surface area contributed by atoms with Crippen LogP contribution in [-0.2, 0) is 40.7 Å². The second kappa shape index (κ2) is 28.1. The summed E-state index contributed by atoms with van der Waals surface area (Å²) in [5.74, 6) is -3.12. The van der Waals surface area contributed by atoms with Gasteiger partial charge in [-0.25, -0.2) is 0 Å². The van der Waals surface area contributed by atoms with Gasteiger partial charge in [0.1, 0.15) is 12.1 Å². The molecule has 0 heterocycles. The predicted octanol–water partition coefficient (Wildman–Crippen LogP) is 7.73. The molecule has 0 amide bonds. The molecule has 0 saturated heterocycles. The number of aliphatic carboxylic acids is 1. The zero-order valence-corrected chi connectivity index (χ0v) is 25.9. The molecule has 0 fully saturated rings. The van der Waals surface area contributed by atoms with Crippen LogP contribution in [0.3, 0.4) is 0 Å². The van der Waals surface area contributed by atoms with Gasteiger partial charge >= 0.3 is 0 Å². The number of ether oxygens (including phenoxy) is 3. The molecule has 0 radical (unpaired) electrons. The van der Waals surface area contributed by atoms with Gasteiger partial charge in [-0.15, -0.1) is 0 Å². The molecule has 0 aromatic rings. The number of hydrogen-bond donors (Lipinski definition) is 0. The summed E-state index contributed by atoms with van der Waals surface area (Å²) in [6, 6.07) is 0. The van der Waals surface area contributed by atoms with Crippen LogP contribution < -0.4 is 5.11 Å². The summed E-state index contributed by atoms with van der Waals surface area (Å²) >= 11 is 0. The third-order valence-corrected chi connectivity index (χ3v) is 6.72. The Bertz CT molecular complexity index is 451. The molecule has 6 heteroatoms. The summed E-state index contributed by atoms with van der Waals surface area (Å²) in [5, 5.41) is 12.4. The van der Waals surface area contributed by atoms with Crippen LogP contribution in [-0.4, -0.2) is 37.7 Å². The van der Waals surface area contributed by atoms with E-state index in [-0.39, 0.29) is 21.7 Å². The quantitative estimate of drug-likeness (QED) is 0.0570. The molecule has 0 aromatic heterocycles. The number of rotatable bonds is 28. The van der Waals surface area contributed by atoms with Crippen LogP contribution in [0.5, 0.6) is 0 Å².